The third kappa shape index (κ3) is 4.06. The van der Waals surface area contributed by atoms with E-state index in [1.165, 1.54) is 29.8 Å². The van der Waals surface area contributed by atoms with Crippen molar-refractivity contribution in [2.75, 3.05) is 12.3 Å². The molecular weight excluding hydrogens is 274 g/mol. The molecule has 5 heteroatoms. The average molecular weight is 295 g/mol. The second-order valence-electron chi connectivity index (χ2n) is 5.10. The summed E-state index contributed by atoms with van der Waals surface area (Å²) in [6.45, 7) is 3.32. The molecule has 2 rings (SSSR count). The molecule has 1 aliphatic heterocycles. The van der Waals surface area contributed by atoms with Crippen molar-refractivity contribution in [1.29, 1.82) is 0 Å². The molecule has 0 spiro atoms. The van der Waals surface area contributed by atoms with Gasteiger partial charge in [0.05, 0.1) is 6.10 Å². The molecule has 0 radical (unpaired) electrons. The van der Waals surface area contributed by atoms with Crippen molar-refractivity contribution in [3.05, 3.63) is 34.9 Å². The van der Waals surface area contributed by atoms with E-state index in [4.69, 9.17) is 0 Å². The summed E-state index contributed by atoms with van der Waals surface area (Å²) in [7, 11) is 0. The lowest BCUT2D eigenvalue weighted by molar-refractivity contribution is -0.109. The van der Waals surface area contributed by atoms with Crippen LogP contribution in [0.5, 0.6) is 0 Å². The lowest BCUT2D eigenvalue weighted by Crippen LogP contribution is -2.24. The summed E-state index contributed by atoms with van der Waals surface area (Å²) >= 11 is 1.18. The number of fused-ring (bicyclic) bond motifs is 1. The maximum atomic E-state index is 10.8. The van der Waals surface area contributed by atoms with E-state index in [9.17, 15) is 15.0 Å². The number of hydrogen-bond donors (Lipinski definition) is 3. The van der Waals surface area contributed by atoms with Crippen molar-refractivity contribution in [2.45, 2.75) is 38.5 Å². The first-order valence-electron chi connectivity index (χ1n) is 6.90. The van der Waals surface area contributed by atoms with Gasteiger partial charge in [0.2, 0.25) is 0 Å². The van der Waals surface area contributed by atoms with Gasteiger partial charge in [-0.1, -0.05) is 30.0 Å². The number of hydrogen-bond acceptors (Lipinski definition) is 5. The fourth-order valence-electron chi connectivity index (χ4n) is 2.38. The minimum absolute atomic E-state index is 0.0352. The van der Waals surface area contributed by atoms with Crippen molar-refractivity contribution in [1.82, 2.24) is 5.32 Å². The highest BCUT2D eigenvalue weighted by Crippen LogP contribution is 2.24. The third-order valence-electron chi connectivity index (χ3n) is 3.54. The molecule has 4 nitrogen and oxygen atoms in total. The van der Waals surface area contributed by atoms with Crippen LogP contribution in [0.15, 0.2) is 18.2 Å². The minimum Gasteiger partial charge on any atom is -0.390 e. The highest BCUT2D eigenvalue weighted by atomic mass is 32.2. The van der Waals surface area contributed by atoms with Gasteiger partial charge in [-0.25, -0.2) is 0 Å². The summed E-state index contributed by atoms with van der Waals surface area (Å²) in [6, 6.07) is 5.87. The highest BCUT2D eigenvalue weighted by Gasteiger charge is 2.20. The van der Waals surface area contributed by atoms with Gasteiger partial charge in [0.25, 0.3) is 0 Å². The second-order valence-corrected chi connectivity index (χ2v) is 6.37. The van der Waals surface area contributed by atoms with Crippen LogP contribution in [0.3, 0.4) is 0 Å². The summed E-state index contributed by atoms with van der Waals surface area (Å²) in [5.41, 5.74) is 3.26. The molecule has 0 bridgehead atoms. The molecule has 1 aliphatic rings. The predicted octanol–water partition coefficient (Wildman–Crippen LogP) is 1.40. The van der Waals surface area contributed by atoms with Crippen LogP contribution < -0.4 is 5.32 Å². The van der Waals surface area contributed by atoms with Gasteiger partial charge in [-0.3, -0.25) is 4.79 Å². The quantitative estimate of drug-likeness (QED) is 0.766. The first-order valence-corrected chi connectivity index (χ1v) is 7.88. The Labute approximate surface area is 123 Å². The number of aliphatic hydroxyl groups excluding tert-OH is 2. The standard InChI is InChI=1S/C15H21NO3S/c1-10(17)20-7-5-14(18)15(19)12-2-3-13-9-16-6-4-11(13)8-12/h2-3,8,14-16,18-19H,4-7,9H2,1H3. The zero-order valence-corrected chi connectivity index (χ0v) is 12.4. The lowest BCUT2D eigenvalue weighted by Gasteiger charge is -2.22. The van der Waals surface area contributed by atoms with Crippen LogP contribution >= 0.6 is 11.8 Å². The van der Waals surface area contributed by atoms with E-state index in [0.717, 1.165) is 25.1 Å². The topological polar surface area (TPSA) is 69.6 Å². The number of nitrogens with one attached hydrogen (secondary N) is 1. The SMILES string of the molecule is CC(=O)SCCC(O)C(O)c1ccc2c(c1)CCNC2. The molecule has 0 saturated carbocycles. The van der Waals surface area contributed by atoms with Gasteiger partial charge in [0.15, 0.2) is 5.12 Å². The van der Waals surface area contributed by atoms with Crippen LogP contribution in [0.1, 0.15) is 36.1 Å². The van der Waals surface area contributed by atoms with E-state index in [-0.39, 0.29) is 5.12 Å². The normalized spacial score (nSPS) is 17.4. The molecule has 2 atom stereocenters. The Hall–Kier alpha value is -0.880. The molecule has 3 N–H and O–H groups in total. The molecule has 1 aromatic rings. The first-order chi connectivity index (χ1) is 9.58. The number of benzene rings is 1. The van der Waals surface area contributed by atoms with Crippen LogP contribution in [-0.2, 0) is 17.8 Å². The molecule has 0 fully saturated rings. The van der Waals surface area contributed by atoms with E-state index in [2.05, 4.69) is 5.32 Å². The Kier molecular flexibility index (Phi) is 5.60. The summed E-state index contributed by atoms with van der Waals surface area (Å²) < 4.78 is 0. The Bertz CT molecular complexity index is 478. The van der Waals surface area contributed by atoms with Crippen molar-refractivity contribution in [3.8, 4) is 0 Å². The van der Waals surface area contributed by atoms with Crippen LogP contribution in [0.2, 0.25) is 0 Å². The molecule has 110 valence electrons. The molecule has 2 unspecified atom stereocenters. The molecule has 0 amide bonds. The maximum Gasteiger partial charge on any atom is 0.185 e. The Balaban J connectivity index is 1.97. The number of carbonyl (C=O) groups is 1. The summed E-state index contributed by atoms with van der Waals surface area (Å²) in [5.74, 6) is 0.530. The van der Waals surface area contributed by atoms with E-state index in [1.807, 2.05) is 18.2 Å². The first kappa shape index (κ1) is 15.5. The number of thioether (sulfide) groups is 1. The molecule has 1 aromatic carbocycles. The van der Waals surface area contributed by atoms with E-state index in [1.54, 1.807) is 0 Å². The minimum atomic E-state index is -0.886. The van der Waals surface area contributed by atoms with Gasteiger partial charge in [-0.2, -0.15) is 0 Å². The zero-order valence-electron chi connectivity index (χ0n) is 11.6. The highest BCUT2D eigenvalue weighted by molar-refractivity contribution is 8.13. The van der Waals surface area contributed by atoms with Crippen LogP contribution in [0.25, 0.3) is 0 Å². The van der Waals surface area contributed by atoms with Gasteiger partial charge in [0, 0.05) is 19.2 Å². The summed E-state index contributed by atoms with van der Waals surface area (Å²) in [4.78, 5) is 10.8. The Morgan fingerprint density at radius 2 is 2.20 bits per heavy atom. The number of rotatable bonds is 5. The van der Waals surface area contributed by atoms with E-state index < -0.39 is 12.2 Å². The molecule has 1 heterocycles. The van der Waals surface area contributed by atoms with Crippen LogP contribution in [0.4, 0.5) is 0 Å². The second kappa shape index (κ2) is 7.22. The number of carbonyl (C=O) groups excluding carboxylic acids is 1. The summed E-state index contributed by atoms with van der Waals surface area (Å²) in [6.07, 6.45) is -0.361. The fraction of sp³-hybridized carbons (Fsp3) is 0.533. The van der Waals surface area contributed by atoms with Crippen LogP contribution in [0, 0.1) is 0 Å². The van der Waals surface area contributed by atoms with Gasteiger partial charge < -0.3 is 15.5 Å². The van der Waals surface area contributed by atoms with Gasteiger partial charge in [0.1, 0.15) is 6.10 Å². The predicted molar refractivity (Wildman–Crippen MR) is 80.6 cm³/mol. The molecule has 20 heavy (non-hydrogen) atoms. The Morgan fingerprint density at radius 3 is 2.95 bits per heavy atom. The Morgan fingerprint density at radius 1 is 1.40 bits per heavy atom. The van der Waals surface area contributed by atoms with Crippen molar-refractivity contribution in [2.24, 2.45) is 0 Å². The lowest BCUT2D eigenvalue weighted by atomic mass is 9.94. The molecular formula is C15H21NO3S. The van der Waals surface area contributed by atoms with Crippen molar-refractivity contribution < 1.29 is 15.0 Å². The van der Waals surface area contributed by atoms with Gasteiger partial charge in [-0.05, 0) is 36.1 Å². The van der Waals surface area contributed by atoms with Crippen molar-refractivity contribution in [3.63, 3.8) is 0 Å². The van der Waals surface area contributed by atoms with Crippen LogP contribution in [-0.4, -0.2) is 33.7 Å². The maximum absolute atomic E-state index is 10.8. The van der Waals surface area contributed by atoms with Crippen molar-refractivity contribution >= 4 is 16.9 Å². The largest absolute Gasteiger partial charge is 0.390 e. The van der Waals surface area contributed by atoms with E-state index >= 15 is 0 Å². The van der Waals surface area contributed by atoms with Gasteiger partial charge in [-0.15, -0.1) is 0 Å². The zero-order chi connectivity index (χ0) is 14.5. The number of aliphatic hydroxyl groups is 2. The van der Waals surface area contributed by atoms with E-state index in [0.29, 0.717) is 12.2 Å². The average Bonchev–Trinajstić information content (AvgIpc) is 2.45. The molecule has 0 saturated heterocycles. The summed E-state index contributed by atoms with van der Waals surface area (Å²) in [5, 5.41) is 23.5. The monoisotopic (exact) mass is 295 g/mol. The molecule has 0 aliphatic carbocycles. The fourth-order valence-corrected chi connectivity index (χ4v) is 3.03. The van der Waals surface area contributed by atoms with Gasteiger partial charge >= 0.3 is 0 Å². The molecule has 0 aromatic heterocycles. The third-order valence-corrected chi connectivity index (χ3v) is 4.39. The smallest absolute Gasteiger partial charge is 0.185 e.